The molecule has 1 aromatic carbocycles. The normalized spacial score (nSPS) is 18.0. The molecule has 1 unspecified atom stereocenters. The fraction of sp³-hybridized carbons (Fsp3) is 0.467. The number of aliphatic carboxylic acids is 1. The zero-order valence-electron chi connectivity index (χ0n) is 11.9. The Morgan fingerprint density at radius 2 is 2.10 bits per heavy atom. The molecule has 2 aromatic rings. The van der Waals surface area contributed by atoms with Crippen molar-refractivity contribution in [2.45, 2.75) is 44.1 Å². The number of tetrazole rings is 1. The second-order valence-corrected chi connectivity index (χ2v) is 5.51. The zero-order valence-corrected chi connectivity index (χ0v) is 11.9. The van der Waals surface area contributed by atoms with E-state index < -0.39 is 11.5 Å². The van der Waals surface area contributed by atoms with Crippen molar-refractivity contribution in [3.05, 3.63) is 41.7 Å². The molecule has 1 heterocycles. The lowest BCUT2D eigenvalue weighted by Gasteiger charge is -2.38. The fourth-order valence-corrected chi connectivity index (χ4v) is 3.00. The highest BCUT2D eigenvalue weighted by atomic mass is 16.4. The van der Waals surface area contributed by atoms with Crippen LogP contribution in [0.25, 0.3) is 0 Å². The molecule has 0 aliphatic heterocycles. The molecule has 0 bridgehead atoms. The molecule has 1 aliphatic rings. The van der Waals surface area contributed by atoms with Crippen LogP contribution in [-0.2, 0) is 10.3 Å². The highest BCUT2D eigenvalue weighted by Gasteiger charge is 2.49. The summed E-state index contributed by atoms with van der Waals surface area (Å²) in [6.45, 7) is 2.06. The Hall–Kier alpha value is -2.24. The van der Waals surface area contributed by atoms with E-state index in [0.29, 0.717) is 18.7 Å². The molecule has 0 radical (unpaired) electrons. The molecule has 1 fully saturated rings. The van der Waals surface area contributed by atoms with Crippen LogP contribution in [0.2, 0.25) is 0 Å². The summed E-state index contributed by atoms with van der Waals surface area (Å²) in [4.78, 5) is 11.7. The number of carbonyl (C=O) groups is 1. The van der Waals surface area contributed by atoms with Crippen LogP contribution in [0.1, 0.15) is 49.9 Å². The Labute approximate surface area is 122 Å². The first kappa shape index (κ1) is 13.7. The van der Waals surface area contributed by atoms with Crippen molar-refractivity contribution < 1.29 is 9.90 Å². The molecular formula is C15H18N4O2. The van der Waals surface area contributed by atoms with Gasteiger partial charge < -0.3 is 5.11 Å². The Bertz CT molecular complexity index is 634. The highest BCUT2D eigenvalue weighted by molar-refractivity contribution is 5.77. The predicted molar refractivity (Wildman–Crippen MR) is 75.9 cm³/mol. The maximum atomic E-state index is 11.7. The molecule has 6 heteroatoms. The maximum absolute atomic E-state index is 11.7. The number of nitrogens with zero attached hydrogens (tertiary/aromatic N) is 4. The summed E-state index contributed by atoms with van der Waals surface area (Å²) < 4.78 is 1.54. The first-order valence-corrected chi connectivity index (χ1v) is 7.26. The Kier molecular flexibility index (Phi) is 3.45. The van der Waals surface area contributed by atoms with Crippen molar-refractivity contribution >= 4 is 5.97 Å². The predicted octanol–water partition coefficient (Wildman–Crippen LogP) is 2.18. The fourth-order valence-electron chi connectivity index (χ4n) is 3.00. The molecule has 1 saturated carbocycles. The van der Waals surface area contributed by atoms with E-state index in [2.05, 4.69) is 22.4 Å². The highest BCUT2D eigenvalue weighted by Crippen LogP contribution is 2.41. The first-order valence-electron chi connectivity index (χ1n) is 7.26. The number of rotatable bonds is 5. The molecule has 0 saturated heterocycles. The summed E-state index contributed by atoms with van der Waals surface area (Å²) in [5.74, 6) is -0.186. The van der Waals surface area contributed by atoms with Gasteiger partial charge in [-0.05, 0) is 41.7 Å². The van der Waals surface area contributed by atoms with Gasteiger partial charge in [0.2, 0.25) is 0 Å². The van der Waals surface area contributed by atoms with Crippen LogP contribution in [0, 0.1) is 0 Å². The summed E-state index contributed by atoms with van der Waals surface area (Å²) in [6, 6.07) is 9.97. The third-order valence-corrected chi connectivity index (χ3v) is 4.40. The lowest BCUT2D eigenvalue weighted by atomic mass is 9.76. The molecule has 21 heavy (non-hydrogen) atoms. The summed E-state index contributed by atoms with van der Waals surface area (Å²) in [5, 5.41) is 21.5. The molecule has 110 valence electrons. The van der Waals surface area contributed by atoms with E-state index in [1.54, 1.807) is 4.68 Å². The van der Waals surface area contributed by atoms with Crippen LogP contribution in [0.3, 0.4) is 0 Å². The lowest BCUT2D eigenvalue weighted by molar-refractivity contribution is -0.153. The number of benzene rings is 1. The average molecular weight is 286 g/mol. The Balaban J connectivity index is 2.04. The summed E-state index contributed by atoms with van der Waals surface area (Å²) in [6.07, 6.45) is 2.89. The Morgan fingerprint density at radius 3 is 2.62 bits per heavy atom. The number of aromatic nitrogens is 4. The molecule has 6 nitrogen and oxygen atoms in total. The van der Waals surface area contributed by atoms with Gasteiger partial charge in [0.25, 0.3) is 0 Å². The van der Waals surface area contributed by atoms with Crippen LogP contribution in [0.15, 0.2) is 30.3 Å². The molecule has 3 rings (SSSR count). The largest absolute Gasteiger partial charge is 0.479 e. The minimum Gasteiger partial charge on any atom is -0.479 e. The van der Waals surface area contributed by atoms with Crippen LogP contribution in [0.5, 0.6) is 0 Å². The second kappa shape index (κ2) is 5.27. The molecule has 1 N–H and O–H groups in total. The van der Waals surface area contributed by atoms with Crippen LogP contribution in [-0.4, -0.2) is 31.3 Å². The van der Waals surface area contributed by atoms with Crippen molar-refractivity contribution in [1.29, 1.82) is 0 Å². The maximum Gasteiger partial charge on any atom is 0.331 e. The summed E-state index contributed by atoms with van der Waals surface area (Å²) in [7, 11) is 0. The van der Waals surface area contributed by atoms with Gasteiger partial charge in [0, 0.05) is 5.92 Å². The van der Waals surface area contributed by atoms with Gasteiger partial charge in [-0.25, -0.2) is 9.48 Å². The number of carboxylic acid groups (broad SMARTS) is 1. The smallest absolute Gasteiger partial charge is 0.331 e. The van der Waals surface area contributed by atoms with Crippen molar-refractivity contribution in [2.24, 2.45) is 0 Å². The molecule has 0 spiro atoms. The number of hydrogen-bond acceptors (Lipinski definition) is 4. The SMILES string of the molecule is CCC(c1ccccc1)c1nnnn1C1(C(=O)O)CCC1. The summed E-state index contributed by atoms with van der Waals surface area (Å²) >= 11 is 0. The molecule has 1 aliphatic carbocycles. The van der Waals surface area contributed by atoms with E-state index in [-0.39, 0.29) is 5.92 Å². The molecule has 1 aromatic heterocycles. The van der Waals surface area contributed by atoms with E-state index >= 15 is 0 Å². The topological polar surface area (TPSA) is 80.9 Å². The van der Waals surface area contributed by atoms with Gasteiger partial charge in [0.1, 0.15) is 0 Å². The minimum absolute atomic E-state index is 0.0121. The van der Waals surface area contributed by atoms with E-state index in [1.165, 1.54) is 0 Å². The lowest BCUT2D eigenvalue weighted by Crippen LogP contribution is -2.49. The molecule has 0 amide bonds. The molecule has 1 atom stereocenters. The first-order chi connectivity index (χ1) is 10.2. The van der Waals surface area contributed by atoms with Crippen molar-refractivity contribution in [2.75, 3.05) is 0 Å². The monoisotopic (exact) mass is 286 g/mol. The van der Waals surface area contributed by atoms with Gasteiger partial charge in [-0.1, -0.05) is 37.3 Å². The summed E-state index contributed by atoms with van der Waals surface area (Å²) in [5.41, 5.74) is 0.150. The minimum atomic E-state index is -0.957. The van der Waals surface area contributed by atoms with Crippen molar-refractivity contribution in [3.8, 4) is 0 Å². The third-order valence-electron chi connectivity index (χ3n) is 4.40. The van der Waals surface area contributed by atoms with Gasteiger partial charge in [0.05, 0.1) is 0 Å². The van der Waals surface area contributed by atoms with Crippen molar-refractivity contribution in [1.82, 2.24) is 20.2 Å². The zero-order chi connectivity index (χ0) is 14.9. The molecular weight excluding hydrogens is 268 g/mol. The van der Waals surface area contributed by atoms with Gasteiger partial charge in [0.15, 0.2) is 11.4 Å². The number of hydrogen-bond donors (Lipinski definition) is 1. The van der Waals surface area contributed by atoms with Crippen LogP contribution < -0.4 is 0 Å². The van der Waals surface area contributed by atoms with Gasteiger partial charge in [-0.3, -0.25) is 0 Å². The van der Waals surface area contributed by atoms with Crippen molar-refractivity contribution in [3.63, 3.8) is 0 Å². The van der Waals surface area contributed by atoms with E-state index in [1.807, 2.05) is 30.3 Å². The van der Waals surface area contributed by atoms with Crippen LogP contribution >= 0.6 is 0 Å². The van der Waals surface area contributed by atoms with E-state index in [0.717, 1.165) is 18.4 Å². The van der Waals surface area contributed by atoms with E-state index in [9.17, 15) is 9.90 Å². The van der Waals surface area contributed by atoms with Gasteiger partial charge in [-0.2, -0.15) is 0 Å². The van der Waals surface area contributed by atoms with Gasteiger partial charge >= 0.3 is 5.97 Å². The standard InChI is InChI=1S/C15H18N4O2/c1-2-12(11-7-4-3-5-8-11)13-16-17-18-19(13)15(14(20)21)9-6-10-15/h3-5,7-8,12H,2,6,9-10H2,1H3,(H,20,21). The second-order valence-electron chi connectivity index (χ2n) is 5.51. The third kappa shape index (κ3) is 2.11. The van der Waals surface area contributed by atoms with Crippen LogP contribution in [0.4, 0.5) is 0 Å². The van der Waals surface area contributed by atoms with Gasteiger partial charge in [-0.15, -0.1) is 5.10 Å². The van der Waals surface area contributed by atoms with E-state index in [4.69, 9.17) is 0 Å². The average Bonchev–Trinajstić information content (AvgIpc) is 2.89. The quantitative estimate of drug-likeness (QED) is 0.911. The Morgan fingerprint density at radius 1 is 1.38 bits per heavy atom. The number of carboxylic acids is 1.